The van der Waals surface area contributed by atoms with Gasteiger partial charge in [0.15, 0.2) is 0 Å². The fourth-order valence-corrected chi connectivity index (χ4v) is 22.0. The molecule has 5 unspecified atom stereocenters. The molecule has 0 N–H and O–H groups in total. The van der Waals surface area contributed by atoms with Gasteiger partial charge in [-0.2, -0.15) is 0 Å². The highest BCUT2D eigenvalue weighted by Crippen LogP contribution is 2.57. The second kappa shape index (κ2) is 40.2. The van der Waals surface area contributed by atoms with Crippen LogP contribution in [-0.2, 0) is 72.7 Å². The zero-order valence-corrected chi connectivity index (χ0v) is 92.8. The molecule has 5 aliphatic rings. The van der Waals surface area contributed by atoms with Crippen molar-refractivity contribution >= 4 is 121 Å². The zero-order valence-electron chi connectivity index (χ0n) is 90.5. The van der Waals surface area contributed by atoms with E-state index in [-0.39, 0.29) is 57.3 Å². The number of hydrogen-bond donors (Lipinski definition) is 0. The molecule has 0 bridgehead atoms. The number of benzene rings is 15. The highest BCUT2D eigenvalue weighted by Gasteiger charge is 2.56. The summed E-state index contributed by atoms with van der Waals surface area (Å²) >= 11 is 19.1. The molecule has 0 spiro atoms. The van der Waals surface area contributed by atoms with Gasteiger partial charge in [-0.1, -0.05) is 322 Å². The zero-order chi connectivity index (χ0) is 106. The topological polar surface area (TPSA) is 111 Å². The normalized spacial score (nSPS) is 18.6. The number of nitrogens with zero attached hydrogens (tertiary/aromatic N) is 5. The number of rotatable bonds is 12. The monoisotopic (exact) mass is 2010 g/mol. The summed E-state index contributed by atoms with van der Waals surface area (Å²) in [7, 11) is 0. The minimum Gasteiger partial charge on any atom is -0.491 e. The molecule has 752 valence electrons. The molecule has 147 heavy (non-hydrogen) atoms. The first-order valence-corrected chi connectivity index (χ1v) is 52.2. The van der Waals surface area contributed by atoms with Gasteiger partial charge in [0.1, 0.15) is 5.75 Å². The Morgan fingerprint density at radius 1 is 0.231 bits per heavy atom. The molecule has 5 heterocycles. The number of amides is 5. The van der Waals surface area contributed by atoms with E-state index in [1.165, 1.54) is 38.9 Å². The largest absolute Gasteiger partial charge is 0.491 e. The Kier molecular flexibility index (Phi) is 29.0. The fourth-order valence-electron chi connectivity index (χ4n) is 21.5. The van der Waals surface area contributed by atoms with Crippen molar-refractivity contribution in [3.8, 4) is 5.75 Å². The van der Waals surface area contributed by atoms with Crippen LogP contribution in [0.5, 0.6) is 5.75 Å². The molecule has 0 saturated carbocycles. The first-order chi connectivity index (χ1) is 69.1. The molecule has 0 radical (unpaired) electrons. The molecule has 14 heteroatoms. The van der Waals surface area contributed by atoms with E-state index in [4.69, 9.17) is 39.5 Å². The standard InChI is InChI=1S/2C27H28ClNO.2C27H29NO.C25H24ClNO2/c1-17-7-11-21(12-8-17)29-24-14-10-20(28)16-23(24)27(6,25(29)30)22-13-9-19(15-18(22)2)26(3,4)5;1-17-8-7-9-21(14-17)29-24-13-11-20(28)16-23(24)27(6,25(29)30)22-12-10-19(15-18(22)2)26(3,4)5;1-18-7-14-22(15-8-18)28-24-16-9-19(2)17-23(24)27(6,25(28)29)21-12-10-20(11-13-21)26(3,4)5;1-18-8-7-9-22(16-18)28-24-15-10-19(2)17-23(24)27(6,25(28)29)21-13-11-20(12-14-21)26(3,4)5;1-16(2)29-21-11-8-18(9-12-21)25(4)22-15-19(26)10-13-23(22)27(24(25)28)20-7-5-6-17(3)14-20/h2*7-16H,1-6H3;2*7-17H,1-6H3;5-16H,1-4H3. The van der Waals surface area contributed by atoms with E-state index in [1.54, 1.807) is 4.90 Å². The summed E-state index contributed by atoms with van der Waals surface area (Å²) in [5.41, 5.74) is 30.9. The summed E-state index contributed by atoms with van der Waals surface area (Å²) in [5.74, 6) is 1.11. The molecule has 20 rings (SSSR count). The van der Waals surface area contributed by atoms with Crippen molar-refractivity contribution in [2.45, 2.75) is 249 Å². The Labute approximate surface area is 887 Å². The molecule has 15 aromatic carbocycles. The number of aryl methyl sites for hydroxylation is 9. The Hall–Kier alpha value is -13.7. The highest BCUT2D eigenvalue weighted by molar-refractivity contribution is 6.32. The van der Waals surface area contributed by atoms with Crippen molar-refractivity contribution in [2.24, 2.45) is 0 Å². The number of carbonyl (C=O) groups excluding carboxylic acids is 5. The molecular weight excluding hydrogens is 1870 g/mol. The van der Waals surface area contributed by atoms with E-state index in [0.29, 0.717) is 15.1 Å². The lowest BCUT2D eigenvalue weighted by atomic mass is 9.74. The average molecular weight is 2010 g/mol. The van der Waals surface area contributed by atoms with Gasteiger partial charge in [-0.05, 0) is 378 Å². The maximum Gasteiger partial charge on any atom is 0.246 e. The van der Waals surface area contributed by atoms with E-state index >= 15 is 0 Å². The third-order valence-corrected chi connectivity index (χ3v) is 31.0. The van der Waals surface area contributed by atoms with Gasteiger partial charge in [0.25, 0.3) is 0 Å². The van der Waals surface area contributed by atoms with Gasteiger partial charge in [0.2, 0.25) is 29.5 Å². The molecule has 0 aromatic heterocycles. The van der Waals surface area contributed by atoms with E-state index in [0.717, 1.165) is 152 Å². The van der Waals surface area contributed by atoms with Crippen LogP contribution in [0.25, 0.3) is 0 Å². The highest BCUT2D eigenvalue weighted by atomic mass is 35.5. The molecule has 11 nitrogen and oxygen atoms in total. The summed E-state index contributed by atoms with van der Waals surface area (Å²) in [4.78, 5) is 78.9. The van der Waals surface area contributed by atoms with Crippen LogP contribution in [0.1, 0.15) is 260 Å². The summed E-state index contributed by atoms with van der Waals surface area (Å²) in [6.45, 7) is 59.3. The van der Waals surface area contributed by atoms with Crippen LogP contribution in [0.15, 0.2) is 322 Å². The Morgan fingerprint density at radius 2 is 0.469 bits per heavy atom. The molecular formula is C133H138Cl3N5O6. The van der Waals surface area contributed by atoms with Crippen LogP contribution < -0.4 is 29.2 Å². The number of halogens is 3. The molecule has 5 amide bonds. The second-order valence-corrected chi connectivity index (χ2v) is 47.3. The number of carbonyl (C=O) groups is 5. The van der Waals surface area contributed by atoms with Crippen molar-refractivity contribution in [3.63, 3.8) is 0 Å². The second-order valence-electron chi connectivity index (χ2n) is 45.9. The van der Waals surface area contributed by atoms with Crippen LogP contribution in [0, 0.1) is 62.3 Å². The predicted octanol–water partition coefficient (Wildman–Crippen LogP) is 34.1. The first-order valence-electron chi connectivity index (χ1n) is 51.0. The minimum absolute atomic E-state index is 0.0119. The predicted molar refractivity (Wildman–Crippen MR) is 613 cm³/mol. The van der Waals surface area contributed by atoms with Crippen molar-refractivity contribution in [1.29, 1.82) is 0 Å². The Balaban J connectivity index is 0.000000131. The third kappa shape index (κ3) is 20.0. The maximum atomic E-state index is 14.0. The SMILES string of the molecule is Cc1ccc(N2C(=O)C(C)(c3ccc(C(C)(C)C)cc3)c3cc(C)ccc32)cc1.Cc1ccc(N2C(=O)C(C)(c3ccc(C(C)(C)C)cc3C)c3cc(Cl)ccc32)cc1.Cc1cccc(N2C(=O)C(C)(c3ccc(C(C)(C)C)cc3)c3cc(C)ccc32)c1.Cc1cccc(N2C(=O)C(C)(c3ccc(C(C)(C)C)cc3C)c3cc(Cl)ccc32)c1.Cc1cccc(N2C(=O)C(C)(c3ccc(OC(C)C)cc3)c3cc(Cl)ccc32)c1. The van der Waals surface area contributed by atoms with E-state index in [9.17, 15) is 24.0 Å². The van der Waals surface area contributed by atoms with E-state index in [1.807, 2.05) is 245 Å². The van der Waals surface area contributed by atoms with Gasteiger partial charge in [-0.3, -0.25) is 48.5 Å². The van der Waals surface area contributed by atoms with Crippen LogP contribution in [0.2, 0.25) is 15.1 Å². The third-order valence-electron chi connectivity index (χ3n) is 30.3. The number of hydrogen-bond acceptors (Lipinski definition) is 6. The number of anilines is 10. The molecule has 5 aliphatic heterocycles. The van der Waals surface area contributed by atoms with Crippen LogP contribution in [0.4, 0.5) is 56.9 Å². The lowest BCUT2D eigenvalue weighted by Gasteiger charge is -2.29. The van der Waals surface area contributed by atoms with Crippen molar-refractivity contribution < 1.29 is 28.7 Å². The number of ether oxygens (including phenoxy) is 1. The molecule has 5 atom stereocenters. The lowest BCUT2D eigenvalue weighted by molar-refractivity contribution is -0.121. The minimum atomic E-state index is -0.833. The molecule has 0 aliphatic carbocycles. The summed E-state index contributed by atoms with van der Waals surface area (Å²) in [5, 5.41) is 1.90. The van der Waals surface area contributed by atoms with Gasteiger partial charge in [0, 0.05) is 43.5 Å². The quantitative estimate of drug-likeness (QED) is 0.120. The van der Waals surface area contributed by atoms with Gasteiger partial charge in [-0.25, -0.2) is 0 Å². The maximum absolute atomic E-state index is 14.0. The Morgan fingerprint density at radius 3 is 0.741 bits per heavy atom. The van der Waals surface area contributed by atoms with Crippen molar-refractivity contribution in [2.75, 3.05) is 24.5 Å². The smallest absolute Gasteiger partial charge is 0.246 e. The molecule has 0 saturated heterocycles. The molecule has 15 aromatic rings. The van der Waals surface area contributed by atoms with E-state index < -0.39 is 27.1 Å². The lowest BCUT2D eigenvalue weighted by Crippen LogP contribution is -2.37. The fraction of sp³-hybridized carbons (Fsp3) is 0.286. The van der Waals surface area contributed by atoms with Gasteiger partial charge in [-0.15, -0.1) is 0 Å². The van der Waals surface area contributed by atoms with E-state index in [2.05, 4.69) is 290 Å². The summed E-state index contributed by atoms with van der Waals surface area (Å²) in [6.07, 6.45) is 0.0980. The number of fused-ring (bicyclic) bond motifs is 5. The van der Waals surface area contributed by atoms with Crippen molar-refractivity contribution in [1.82, 2.24) is 0 Å². The Bertz CT molecular complexity index is 7630. The average Bonchev–Trinajstić information content (AvgIpc) is 1.58. The van der Waals surface area contributed by atoms with Crippen molar-refractivity contribution in [3.05, 3.63) is 465 Å². The summed E-state index contributed by atoms with van der Waals surface area (Å²) in [6, 6.07) is 108. The first kappa shape index (κ1) is 106. The van der Waals surface area contributed by atoms with Crippen LogP contribution >= 0.6 is 34.8 Å². The van der Waals surface area contributed by atoms with Gasteiger partial charge < -0.3 is 4.74 Å². The van der Waals surface area contributed by atoms with Crippen LogP contribution in [0.3, 0.4) is 0 Å². The molecule has 0 fully saturated rings. The van der Waals surface area contributed by atoms with Gasteiger partial charge >= 0.3 is 0 Å². The summed E-state index contributed by atoms with van der Waals surface area (Å²) < 4.78 is 5.77. The van der Waals surface area contributed by atoms with Gasteiger partial charge in [0.05, 0.1) is 61.6 Å². The van der Waals surface area contributed by atoms with Crippen LogP contribution in [-0.4, -0.2) is 35.6 Å².